The van der Waals surface area contributed by atoms with E-state index in [1.807, 2.05) is 25.1 Å². The molecular weight excluding hydrogens is 434 g/mol. The molecule has 0 N–H and O–H groups in total. The number of para-hydroxylation sites is 1. The average Bonchev–Trinajstić information content (AvgIpc) is 3.22. The van der Waals surface area contributed by atoms with E-state index < -0.39 is 5.79 Å². The minimum atomic E-state index is -0.873. The number of hydrogen-bond donors (Lipinski definition) is 0. The maximum Gasteiger partial charge on any atom is 0.192 e. The van der Waals surface area contributed by atoms with Gasteiger partial charge in [-0.3, -0.25) is 0 Å². The van der Waals surface area contributed by atoms with E-state index in [0.29, 0.717) is 0 Å². The van der Waals surface area contributed by atoms with Gasteiger partial charge in [-0.1, -0.05) is 54.6 Å². The number of furan rings is 1. The van der Waals surface area contributed by atoms with Crippen LogP contribution in [0.3, 0.4) is 0 Å². The molecule has 0 bridgehead atoms. The molecule has 178 valence electrons. The summed E-state index contributed by atoms with van der Waals surface area (Å²) < 4.78 is 19.6. The summed E-state index contributed by atoms with van der Waals surface area (Å²) in [5, 5.41) is 2.23. The third kappa shape index (κ3) is 3.78. The Labute approximate surface area is 206 Å². The predicted octanol–water partition coefficient (Wildman–Crippen LogP) is 7.56. The highest BCUT2D eigenvalue weighted by atomic mass is 16.7. The molecule has 35 heavy (non-hydrogen) atoms. The molecule has 3 heterocycles. The summed E-state index contributed by atoms with van der Waals surface area (Å²) in [4.78, 5) is 2.23. The normalized spacial score (nSPS) is 26.9. The van der Waals surface area contributed by atoms with Crippen LogP contribution in [0.15, 0.2) is 89.5 Å². The lowest BCUT2D eigenvalue weighted by atomic mass is 9.88. The summed E-state index contributed by atoms with van der Waals surface area (Å²) in [6.07, 6.45) is 7.71. The second-order valence-corrected chi connectivity index (χ2v) is 9.95. The van der Waals surface area contributed by atoms with Crippen LogP contribution in [-0.4, -0.2) is 24.2 Å². The SMILES string of the molecule is CC1CC(C)OC(C)(c2ccc3c(oc4ccccc43)c2C2C=C(c3ccccc3)C=CN2C)O1. The quantitative estimate of drug-likeness (QED) is 0.313. The van der Waals surface area contributed by atoms with E-state index in [2.05, 4.69) is 92.7 Å². The van der Waals surface area contributed by atoms with Gasteiger partial charge in [0.1, 0.15) is 11.2 Å². The average molecular weight is 466 g/mol. The molecule has 2 aliphatic heterocycles. The van der Waals surface area contributed by atoms with E-state index in [1.54, 1.807) is 0 Å². The molecule has 3 atom stereocenters. The van der Waals surface area contributed by atoms with Crippen molar-refractivity contribution in [2.24, 2.45) is 0 Å². The van der Waals surface area contributed by atoms with Gasteiger partial charge in [-0.2, -0.15) is 0 Å². The van der Waals surface area contributed by atoms with Crippen LogP contribution in [0.1, 0.15) is 49.9 Å². The van der Waals surface area contributed by atoms with Gasteiger partial charge in [0.05, 0.1) is 18.2 Å². The number of allylic oxidation sites excluding steroid dienone is 2. The van der Waals surface area contributed by atoms with Crippen LogP contribution in [0, 0.1) is 0 Å². The molecule has 1 aromatic heterocycles. The molecule has 0 saturated carbocycles. The molecule has 0 spiro atoms. The highest BCUT2D eigenvalue weighted by molar-refractivity contribution is 6.06. The van der Waals surface area contributed by atoms with Crippen LogP contribution in [0.2, 0.25) is 0 Å². The molecule has 2 aliphatic rings. The topological polar surface area (TPSA) is 34.8 Å². The Morgan fingerprint density at radius 1 is 0.857 bits per heavy atom. The van der Waals surface area contributed by atoms with Gasteiger partial charge in [0.25, 0.3) is 0 Å². The number of nitrogens with zero attached hydrogens (tertiary/aromatic N) is 1. The van der Waals surface area contributed by atoms with Crippen molar-refractivity contribution < 1.29 is 13.9 Å². The smallest absolute Gasteiger partial charge is 0.192 e. The summed E-state index contributed by atoms with van der Waals surface area (Å²) in [5.74, 6) is -0.873. The van der Waals surface area contributed by atoms with E-state index >= 15 is 0 Å². The number of rotatable bonds is 3. The fourth-order valence-corrected chi connectivity index (χ4v) is 5.73. The van der Waals surface area contributed by atoms with Crippen LogP contribution < -0.4 is 0 Å². The Kier molecular flexibility index (Phi) is 5.32. The summed E-state index contributed by atoms with van der Waals surface area (Å²) in [7, 11) is 2.11. The molecule has 4 nitrogen and oxygen atoms in total. The van der Waals surface area contributed by atoms with Gasteiger partial charge in [0.2, 0.25) is 0 Å². The minimum Gasteiger partial charge on any atom is -0.456 e. The van der Waals surface area contributed by atoms with Crippen molar-refractivity contribution in [2.75, 3.05) is 7.05 Å². The minimum absolute atomic E-state index is 0.0500. The van der Waals surface area contributed by atoms with Gasteiger partial charge in [-0.25, -0.2) is 0 Å². The number of benzene rings is 3. The molecule has 0 aliphatic carbocycles. The Morgan fingerprint density at radius 2 is 1.57 bits per heavy atom. The molecule has 0 amide bonds. The van der Waals surface area contributed by atoms with E-state index in [0.717, 1.165) is 39.5 Å². The van der Waals surface area contributed by atoms with E-state index in [4.69, 9.17) is 13.9 Å². The third-order valence-corrected chi connectivity index (χ3v) is 7.26. The number of fused-ring (bicyclic) bond motifs is 3. The highest BCUT2D eigenvalue weighted by Crippen LogP contribution is 2.46. The van der Waals surface area contributed by atoms with Crippen LogP contribution in [0.25, 0.3) is 27.5 Å². The van der Waals surface area contributed by atoms with Crippen LogP contribution in [-0.2, 0) is 15.3 Å². The molecule has 4 heteroatoms. The standard InChI is InChI=1S/C31H31NO3/c1-20-18-21(2)35-31(3,34-20)26-15-14-25-24-12-8-9-13-28(24)33-30(25)29(26)27-19-23(16-17-32(27)4)22-10-6-5-7-11-22/h5-17,19-21,27H,18H2,1-4H3. The van der Waals surface area contributed by atoms with Crippen molar-refractivity contribution in [1.29, 1.82) is 0 Å². The second-order valence-electron chi connectivity index (χ2n) is 9.95. The first-order valence-electron chi connectivity index (χ1n) is 12.4. The molecule has 0 radical (unpaired) electrons. The van der Waals surface area contributed by atoms with Crippen LogP contribution >= 0.6 is 0 Å². The van der Waals surface area contributed by atoms with Crippen molar-refractivity contribution in [1.82, 2.24) is 4.90 Å². The van der Waals surface area contributed by atoms with Crippen molar-refractivity contribution in [3.8, 4) is 0 Å². The van der Waals surface area contributed by atoms with Gasteiger partial charge < -0.3 is 18.8 Å². The van der Waals surface area contributed by atoms with Crippen molar-refractivity contribution in [2.45, 2.75) is 51.2 Å². The summed E-state index contributed by atoms with van der Waals surface area (Å²) in [6.45, 7) is 6.30. The lowest BCUT2D eigenvalue weighted by molar-refractivity contribution is -0.311. The highest BCUT2D eigenvalue weighted by Gasteiger charge is 2.41. The van der Waals surface area contributed by atoms with E-state index in [1.165, 1.54) is 11.1 Å². The second kappa shape index (κ2) is 8.40. The maximum absolute atomic E-state index is 6.57. The zero-order valence-corrected chi connectivity index (χ0v) is 20.7. The van der Waals surface area contributed by atoms with Crippen LogP contribution in [0.4, 0.5) is 0 Å². The maximum atomic E-state index is 6.57. The monoisotopic (exact) mass is 465 g/mol. The molecular formula is C31H31NO3. The summed E-state index contributed by atoms with van der Waals surface area (Å²) in [5.41, 5.74) is 6.25. The number of hydrogen-bond acceptors (Lipinski definition) is 4. The number of ether oxygens (including phenoxy) is 2. The Hall–Kier alpha value is -3.34. The number of likely N-dealkylation sites (N-methyl/N-ethyl adjacent to an activating group) is 1. The van der Waals surface area contributed by atoms with E-state index in [-0.39, 0.29) is 18.2 Å². The first-order chi connectivity index (χ1) is 16.9. The molecule has 1 saturated heterocycles. The molecule has 3 aromatic carbocycles. The van der Waals surface area contributed by atoms with Gasteiger partial charge in [-0.05, 0) is 62.6 Å². The first kappa shape index (κ1) is 22.1. The predicted molar refractivity (Wildman–Crippen MR) is 141 cm³/mol. The zero-order valence-electron chi connectivity index (χ0n) is 20.7. The lowest BCUT2D eigenvalue weighted by Crippen LogP contribution is -2.43. The van der Waals surface area contributed by atoms with Gasteiger partial charge in [0.15, 0.2) is 5.79 Å². The fourth-order valence-electron chi connectivity index (χ4n) is 5.73. The summed E-state index contributed by atoms with van der Waals surface area (Å²) >= 11 is 0. The third-order valence-electron chi connectivity index (χ3n) is 7.26. The van der Waals surface area contributed by atoms with Gasteiger partial charge in [0, 0.05) is 35.1 Å². The van der Waals surface area contributed by atoms with Crippen molar-refractivity contribution in [3.63, 3.8) is 0 Å². The van der Waals surface area contributed by atoms with Crippen molar-refractivity contribution in [3.05, 3.63) is 102 Å². The molecule has 3 unspecified atom stereocenters. The fraction of sp³-hybridized carbons (Fsp3) is 0.290. The van der Waals surface area contributed by atoms with Crippen molar-refractivity contribution >= 4 is 27.5 Å². The zero-order chi connectivity index (χ0) is 24.2. The van der Waals surface area contributed by atoms with Crippen LogP contribution in [0.5, 0.6) is 0 Å². The Balaban J connectivity index is 1.61. The lowest BCUT2D eigenvalue weighted by Gasteiger charge is -2.43. The summed E-state index contributed by atoms with van der Waals surface area (Å²) in [6, 6.07) is 23.0. The van der Waals surface area contributed by atoms with E-state index in [9.17, 15) is 0 Å². The molecule has 1 fully saturated rings. The largest absolute Gasteiger partial charge is 0.456 e. The first-order valence-corrected chi connectivity index (χ1v) is 12.4. The Morgan fingerprint density at radius 3 is 2.34 bits per heavy atom. The Bertz CT molecular complexity index is 1440. The van der Waals surface area contributed by atoms with Gasteiger partial charge >= 0.3 is 0 Å². The molecule has 6 rings (SSSR count). The van der Waals surface area contributed by atoms with Gasteiger partial charge in [-0.15, -0.1) is 0 Å². The molecule has 4 aromatic rings.